The number of hydrogen-bond donors (Lipinski definition) is 0. The minimum atomic E-state index is 0.268. The second-order valence-corrected chi connectivity index (χ2v) is 5.59. The van der Waals surface area contributed by atoms with Gasteiger partial charge in [-0.15, -0.1) is 13.2 Å². The third-order valence-electron chi connectivity index (χ3n) is 3.43. The van der Waals surface area contributed by atoms with Crippen molar-refractivity contribution in [3.63, 3.8) is 0 Å². The van der Waals surface area contributed by atoms with Gasteiger partial charge in [0.15, 0.2) is 5.78 Å². The Balaban J connectivity index is 4.05. The molecule has 0 radical (unpaired) electrons. The summed E-state index contributed by atoms with van der Waals surface area (Å²) in [5, 5.41) is 0. The van der Waals surface area contributed by atoms with Gasteiger partial charge < -0.3 is 0 Å². The number of hydrogen-bond acceptors (Lipinski definition) is 2. The maximum absolute atomic E-state index is 11.8. The molecule has 0 rings (SSSR count). The molecule has 0 N–H and O–H groups in total. The Morgan fingerprint density at radius 3 is 2.33 bits per heavy atom. The van der Waals surface area contributed by atoms with Crippen LogP contribution in [0, 0.1) is 0 Å². The number of ketones is 1. The summed E-state index contributed by atoms with van der Waals surface area (Å²) >= 11 is 0. The van der Waals surface area contributed by atoms with Crippen molar-refractivity contribution in [2.75, 3.05) is 20.1 Å². The summed E-state index contributed by atoms with van der Waals surface area (Å²) in [5.41, 5.74) is 2.27. The third-order valence-corrected chi connectivity index (χ3v) is 3.43. The molecule has 0 saturated heterocycles. The number of likely N-dealkylation sites (N-methyl/N-ethyl adjacent to an activating group) is 1. The average molecular weight is 289 g/mol. The van der Waals surface area contributed by atoms with Crippen molar-refractivity contribution in [3.8, 4) is 0 Å². The normalized spacial score (nSPS) is 12.6. The topological polar surface area (TPSA) is 20.3 Å². The number of carbonyl (C=O) groups is 1. The molecule has 0 amide bonds. The van der Waals surface area contributed by atoms with Crippen molar-refractivity contribution < 1.29 is 4.79 Å². The van der Waals surface area contributed by atoms with Crippen molar-refractivity contribution in [3.05, 3.63) is 48.6 Å². The highest BCUT2D eigenvalue weighted by molar-refractivity contribution is 5.94. The summed E-state index contributed by atoms with van der Waals surface area (Å²) in [6.07, 6.45) is 12.5. The van der Waals surface area contributed by atoms with Crippen LogP contribution in [-0.2, 0) is 4.79 Å². The van der Waals surface area contributed by atoms with E-state index in [1.165, 1.54) is 5.57 Å². The van der Waals surface area contributed by atoms with Gasteiger partial charge in [0.2, 0.25) is 0 Å². The quantitative estimate of drug-likeness (QED) is 0.295. The molecule has 0 spiro atoms. The van der Waals surface area contributed by atoms with E-state index in [0.717, 1.165) is 44.3 Å². The molecule has 0 unspecified atom stereocenters. The van der Waals surface area contributed by atoms with Crippen LogP contribution in [0.2, 0.25) is 0 Å². The van der Waals surface area contributed by atoms with E-state index in [4.69, 9.17) is 0 Å². The summed E-state index contributed by atoms with van der Waals surface area (Å²) in [6, 6.07) is 0. The largest absolute Gasteiger partial charge is 0.299 e. The standard InChI is InChI=1S/C19H31NO/c1-6-8-9-13-19(21)18(4)12-10-11-17(3)14-16-20(5)15-7-2/h6-7,12,14H,1-2,8-11,13,15-16H2,3-5H3/b17-14+,18-12+. The van der Waals surface area contributed by atoms with Gasteiger partial charge in [-0.25, -0.2) is 0 Å². The fourth-order valence-electron chi connectivity index (χ4n) is 1.94. The van der Waals surface area contributed by atoms with Crippen LogP contribution in [0.25, 0.3) is 0 Å². The van der Waals surface area contributed by atoms with Gasteiger partial charge in [0.05, 0.1) is 0 Å². The maximum Gasteiger partial charge on any atom is 0.158 e. The molecule has 21 heavy (non-hydrogen) atoms. The van der Waals surface area contributed by atoms with Crippen molar-refractivity contribution in [1.29, 1.82) is 0 Å². The van der Waals surface area contributed by atoms with Crippen LogP contribution in [0.15, 0.2) is 48.6 Å². The summed E-state index contributed by atoms with van der Waals surface area (Å²) in [7, 11) is 2.08. The fourth-order valence-corrected chi connectivity index (χ4v) is 1.94. The molecular formula is C19H31NO. The second kappa shape index (κ2) is 12.3. The summed E-state index contributed by atoms with van der Waals surface area (Å²) in [5.74, 6) is 0.268. The average Bonchev–Trinajstić information content (AvgIpc) is 2.45. The zero-order chi connectivity index (χ0) is 16.1. The molecule has 2 nitrogen and oxygen atoms in total. The minimum absolute atomic E-state index is 0.268. The van der Waals surface area contributed by atoms with E-state index in [9.17, 15) is 4.79 Å². The van der Waals surface area contributed by atoms with Crippen LogP contribution < -0.4 is 0 Å². The Kier molecular flexibility index (Phi) is 11.5. The zero-order valence-corrected chi connectivity index (χ0v) is 14.0. The number of unbranched alkanes of at least 4 members (excludes halogenated alkanes) is 1. The predicted octanol–water partition coefficient (Wildman–Crippen LogP) is 4.70. The van der Waals surface area contributed by atoms with E-state index in [1.54, 1.807) is 0 Å². The number of rotatable bonds is 12. The Labute approximate surface area is 130 Å². The Morgan fingerprint density at radius 2 is 1.71 bits per heavy atom. The van der Waals surface area contributed by atoms with E-state index in [0.29, 0.717) is 6.42 Å². The van der Waals surface area contributed by atoms with E-state index in [-0.39, 0.29) is 5.78 Å². The molecule has 0 aromatic rings. The molecule has 0 aromatic heterocycles. The predicted molar refractivity (Wildman–Crippen MR) is 93.5 cm³/mol. The van der Waals surface area contributed by atoms with E-state index >= 15 is 0 Å². The molecule has 2 heteroatoms. The lowest BCUT2D eigenvalue weighted by molar-refractivity contribution is -0.115. The van der Waals surface area contributed by atoms with Gasteiger partial charge in [0.25, 0.3) is 0 Å². The van der Waals surface area contributed by atoms with Crippen molar-refractivity contribution in [2.24, 2.45) is 0 Å². The molecule has 0 bridgehead atoms. The van der Waals surface area contributed by atoms with Gasteiger partial charge in [0.1, 0.15) is 0 Å². The Morgan fingerprint density at radius 1 is 1.00 bits per heavy atom. The van der Waals surface area contributed by atoms with Crippen molar-refractivity contribution in [1.82, 2.24) is 4.90 Å². The second-order valence-electron chi connectivity index (χ2n) is 5.59. The Hall–Kier alpha value is -1.41. The van der Waals surface area contributed by atoms with E-state index in [2.05, 4.69) is 44.2 Å². The molecule has 0 aliphatic carbocycles. The minimum Gasteiger partial charge on any atom is -0.299 e. The van der Waals surface area contributed by atoms with E-state index in [1.807, 2.05) is 19.1 Å². The maximum atomic E-state index is 11.8. The lowest BCUT2D eigenvalue weighted by Gasteiger charge is -2.11. The highest BCUT2D eigenvalue weighted by Gasteiger charge is 2.03. The molecule has 0 aliphatic heterocycles. The molecular weight excluding hydrogens is 258 g/mol. The molecule has 0 aliphatic rings. The molecule has 0 heterocycles. The third kappa shape index (κ3) is 11.0. The van der Waals surface area contributed by atoms with Gasteiger partial charge in [-0.2, -0.15) is 0 Å². The SMILES string of the molecule is C=CCCCC(=O)/C(C)=C/CC/C(C)=C/CN(C)CC=C. The first-order valence-electron chi connectivity index (χ1n) is 7.77. The highest BCUT2D eigenvalue weighted by Crippen LogP contribution is 2.10. The zero-order valence-electron chi connectivity index (χ0n) is 14.0. The van der Waals surface area contributed by atoms with Crippen LogP contribution in [-0.4, -0.2) is 30.8 Å². The van der Waals surface area contributed by atoms with Crippen LogP contribution in [0.1, 0.15) is 46.0 Å². The van der Waals surface area contributed by atoms with Gasteiger partial charge in [0, 0.05) is 19.5 Å². The number of allylic oxidation sites excluding steroid dienone is 4. The first-order chi connectivity index (χ1) is 10.0. The Bertz CT molecular complexity index is 390. The molecule has 118 valence electrons. The van der Waals surface area contributed by atoms with Crippen LogP contribution >= 0.6 is 0 Å². The molecule has 0 aromatic carbocycles. The van der Waals surface area contributed by atoms with Crippen LogP contribution in [0.5, 0.6) is 0 Å². The molecule has 0 fully saturated rings. The van der Waals surface area contributed by atoms with Gasteiger partial charge in [-0.1, -0.05) is 29.9 Å². The summed E-state index contributed by atoms with van der Waals surface area (Å²) in [6.45, 7) is 13.3. The van der Waals surface area contributed by atoms with Gasteiger partial charge >= 0.3 is 0 Å². The molecule has 0 saturated carbocycles. The number of nitrogens with zero attached hydrogens (tertiary/aromatic N) is 1. The summed E-state index contributed by atoms with van der Waals surface area (Å²) < 4.78 is 0. The van der Waals surface area contributed by atoms with Crippen LogP contribution in [0.3, 0.4) is 0 Å². The summed E-state index contributed by atoms with van der Waals surface area (Å²) in [4.78, 5) is 14.1. The lowest BCUT2D eigenvalue weighted by Crippen LogP contribution is -2.18. The number of carbonyl (C=O) groups excluding carboxylic acids is 1. The lowest BCUT2D eigenvalue weighted by atomic mass is 10.0. The van der Waals surface area contributed by atoms with Crippen molar-refractivity contribution in [2.45, 2.75) is 46.0 Å². The smallest absolute Gasteiger partial charge is 0.158 e. The first-order valence-corrected chi connectivity index (χ1v) is 7.77. The molecule has 0 atom stereocenters. The van der Waals surface area contributed by atoms with E-state index < -0.39 is 0 Å². The van der Waals surface area contributed by atoms with Gasteiger partial charge in [-0.05, 0) is 52.2 Å². The monoisotopic (exact) mass is 289 g/mol. The van der Waals surface area contributed by atoms with Crippen LogP contribution in [0.4, 0.5) is 0 Å². The van der Waals surface area contributed by atoms with Gasteiger partial charge in [-0.3, -0.25) is 9.69 Å². The fraction of sp³-hybridized carbons (Fsp3) is 0.526. The first kappa shape index (κ1) is 19.6. The van der Waals surface area contributed by atoms with Crippen molar-refractivity contribution >= 4 is 5.78 Å². The highest BCUT2D eigenvalue weighted by atomic mass is 16.1. The number of Topliss-reactive ketones (excluding diaryl/α,β-unsaturated/α-hetero) is 1.